The number of hydrogen-bond donors (Lipinski definition) is 2. The maximum absolute atomic E-state index is 11.9. The molecule has 5 heteroatoms. The number of carbonyl (C=O) groups is 1. The number of aromatic nitrogens is 1. The Morgan fingerprint density at radius 1 is 1.30 bits per heavy atom. The van der Waals surface area contributed by atoms with Crippen molar-refractivity contribution in [3.8, 4) is 0 Å². The van der Waals surface area contributed by atoms with Gasteiger partial charge in [-0.1, -0.05) is 26.2 Å². The van der Waals surface area contributed by atoms with E-state index in [1.165, 1.54) is 38.3 Å². The van der Waals surface area contributed by atoms with Crippen LogP contribution in [0.15, 0.2) is 18.3 Å². The number of nitrogen functional groups attached to an aromatic ring is 1. The van der Waals surface area contributed by atoms with Gasteiger partial charge in [0.15, 0.2) is 0 Å². The van der Waals surface area contributed by atoms with Gasteiger partial charge in [0.2, 0.25) is 0 Å². The summed E-state index contributed by atoms with van der Waals surface area (Å²) >= 11 is 0. The van der Waals surface area contributed by atoms with E-state index in [0.717, 1.165) is 12.5 Å². The lowest BCUT2D eigenvalue weighted by Gasteiger charge is -2.27. The molecule has 1 heterocycles. The van der Waals surface area contributed by atoms with E-state index in [1.807, 2.05) is 0 Å². The molecular weight excluding hydrogens is 274 g/mol. The van der Waals surface area contributed by atoms with Crippen LogP contribution in [0.1, 0.15) is 49.5 Å². The molecule has 4 nitrogen and oxygen atoms in total. The number of nitrogens with one attached hydrogen (secondary N) is 1. The smallest absolute Gasteiger partial charge is 0.269 e. The average molecular weight is 298 g/mol. The molecule has 112 valence electrons. The van der Waals surface area contributed by atoms with Crippen LogP contribution in [-0.4, -0.2) is 17.4 Å². The highest BCUT2D eigenvalue weighted by atomic mass is 35.5. The first-order valence-corrected chi connectivity index (χ1v) is 7.18. The van der Waals surface area contributed by atoms with Gasteiger partial charge in [0, 0.05) is 6.54 Å². The lowest BCUT2D eigenvalue weighted by molar-refractivity contribution is 0.0936. The summed E-state index contributed by atoms with van der Waals surface area (Å²) < 4.78 is 0. The molecule has 1 saturated carbocycles. The first-order valence-electron chi connectivity index (χ1n) is 7.18. The second-order valence-corrected chi connectivity index (χ2v) is 5.48. The first-order chi connectivity index (χ1) is 9.19. The molecule has 0 saturated heterocycles. The van der Waals surface area contributed by atoms with E-state index in [4.69, 9.17) is 5.73 Å². The third kappa shape index (κ3) is 4.67. The van der Waals surface area contributed by atoms with Crippen LogP contribution in [0.25, 0.3) is 0 Å². The number of carbonyl (C=O) groups excluding carboxylic acids is 1. The highest BCUT2D eigenvalue weighted by Gasteiger charge is 2.20. The predicted octanol–water partition coefficient (Wildman–Crippen LogP) is 3.03. The second-order valence-electron chi connectivity index (χ2n) is 5.48. The standard InChI is InChI=1S/C15H23N3O.ClH/c1-2-11-3-5-12(6-4-11)9-18-15(19)14-8-7-13(16)10-17-14;/h7-8,10-12H,2-6,9,16H2,1H3,(H,18,19);1H. The zero-order chi connectivity index (χ0) is 13.7. The fraction of sp³-hybridized carbons (Fsp3) is 0.600. The summed E-state index contributed by atoms with van der Waals surface area (Å²) in [5.74, 6) is 1.42. The molecule has 0 radical (unpaired) electrons. The minimum absolute atomic E-state index is 0. The first kappa shape index (κ1) is 16.8. The quantitative estimate of drug-likeness (QED) is 0.897. The van der Waals surface area contributed by atoms with E-state index in [-0.39, 0.29) is 18.3 Å². The normalized spacial score (nSPS) is 21.9. The maximum atomic E-state index is 11.9. The molecule has 1 fully saturated rings. The van der Waals surface area contributed by atoms with Crippen molar-refractivity contribution in [3.05, 3.63) is 24.0 Å². The molecule has 1 aliphatic carbocycles. The summed E-state index contributed by atoms with van der Waals surface area (Å²) in [6.45, 7) is 3.03. The fourth-order valence-electron chi connectivity index (χ4n) is 2.71. The zero-order valence-electron chi connectivity index (χ0n) is 12.0. The van der Waals surface area contributed by atoms with Gasteiger partial charge in [-0.15, -0.1) is 12.4 Å². The largest absolute Gasteiger partial charge is 0.397 e. The van der Waals surface area contributed by atoms with E-state index in [2.05, 4.69) is 17.2 Å². The van der Waals surface area contributed by atoms with Gasteiger partial charge in [0.05, 0.1) is 11.9 Å². The lowest BCUT2D eigenvalue weighted by atomic mass is 9.81. The maximum Gasteiger partial charge on any atom is 0.269 e. The van der Waals surface area contributed by atoms with Crippen LogP contribution < -0.4 is 11.1 Å². The minimum Gasteiger partial charge on any atom is -0.397 e. The van der Waals surface area contributed by atoms with Crippen LogP contribution in [-0.2, 0) is 0 Å². The molecule has 0 aliphatic heterocycles. The van der Waals surface area contributed by atoms with Gasteiger partial charge in [-0.3, -0.25) is 4.79 Å². The summed E-state index contributed by atoms with van der Waals surface area (Å²) in [4.78, 5) is 15.9. The Bertz CT molecular complexity index is 414. The molecule has 0 atom stereocenters. The highest BCUT2D eigenvalue weighted by Crippen LogP contribution is 2.30. The Hall–Kier alpha value is -1.29. The Labute approximate surface area is 126 Å². The van der Waals surface area contributed by atoms with E-state index >= 15 is 0 Å². The Kier molecular flexibility index (Phi) is 6.79. The minimum atomic E-state index is -0.0994. The Morgan fingerprint density at radius 2 is 1.95 bits per heavy atom. The van der Waals surface area contributed by atoms with Crippen LogP contribution in [0.3, 0.4) is 0 Å². The number of anilines is 1. The SMILES string of the molecule is CCC1CCC(CNC(=O)c2ccc(N)cn2)CC1.Cl. The monoisotopic (exact) mass is 297 g/mol. The molecule has 1 aromatic heterocycles. The highest BCUT2D eigenvalue weighted by molar-refractivity contribution is 5.92. The average Bonchev–Trinajstić information content (AvgIpc) is 2.46. The van der Waals surface area contributed by atoms with Crippen molar-refractivity contribution in [2.75, 3.05) is 12.3 Å². The van der Waals surface area contributed by atoms with Crippen LogP contribution in [0.4, 0.5) is 5.69 Å². The molecule has 0 spiro atoms. The van der Waals surface area contributed by atoms with E-state index in [9.17, 15) is 4.79 Å². The number of nitrogens with two attached hydrogens (primary N) is 1. The summed E-state index contributed by atoms with van der Waals surface area (Å²) in [6, 6.07) is 3.37. The third-order valence-electron chi connectivity index (χ3n) is 4.11. The van der Waals surface area contributed by atoms with Crippen molar-refractivity contribution < 1.29 is 4.79 Å². The zero-order valence-corrected chi connectivity index (χ0v) is 12.8. The van der Waals surface area contributed by atoms with Gasteiger partial charge in [0.1, 0.15) is 5.69 Å². The van der Waals surface area contributed by atoms with Crippen LogP contribution in [0.2, 0.25) is 0 Å². The van der Waals surface area contributed by atoms with Gasteiger partial charge in [-0.25, -0.2) is 4.98 Å². The molecule has 20 heavy (non-hydrogen) atoms. The van der Waals surface area contributed by atoms with E-state index in [1.54, 1.807) is 12.1 Å². The van der Waals surface area contributed by atoms with Crippen molar-refractivity contribution in [1.82, 2.24) is 10.3 Å². The fourth-order valence-corrected chi connectivity index (χ4v) is 2.71. The Morgan fingerprint density at radius 3 is 2.50 bits per heavy atom. The Balaban J connectivity index is 0.00000200. The summed E-state index contributed by atoms with van der Waals surface area (Å²) in [6.07, 6.45) is 7.87. The van der Waals surface area contributed by atoms with Crippen molar-refractivity contribution in [2.24, 2.45) is 11.8 Å². The molecule has 1 amide bonds. The molecule has 0 bridgehead atoms. The van der Waals surface area contributed by atoms with E-state index < -0.39 is 0 Å². The number of nitrogens with zero attached hydrogens (tertiary/aromatic N) is 1. The molecule has 2 rings (SSSR count). The predicted molar refractivity (Wildman–Crippen MR) is 84.0 cm³/mol. The lowest BCUT2D eigenvalue weighted by Crippen LogP contribution is -2.31. The van der Waals surface area contributed by atoms with Crippen LogP contribution >= 0.6 is 12.4 Å². The van der Waals surface area contributed by atoms with Crippen LogP contribution in [0.5, 0.6) is 0 Å². The summed E-state index contributed by atoms with van der Waals surface area (Å²) in [5, 5.41) is 2.98. The number of amides is 1. The number of halogens is 1. The van der Waals surface area contributed by atoms with Crippen molar-refractivity contribution in [3.63, 3.8) is 0 Å². The number of hydrogen-bond acceptors (Lipinski definition) is 3. The molecule has 1 aliphatic rings. The molecule has 3 N–H and O–H groups in total. The van der Waals surface area contributed by atoms with Crippen molar-refractivity contribution in [2.45, 2.75) is 39.0 Å². The van der Waals surface area contributed by atoms with Gasteiger partial charge in [-0.05, 0) is 36.8 Å². The molecular formula is C15H24ClN3O. The van der Waals surface area contributed by atoms with E-state index in [0.29, 0.717) is 17.3 Å². The summed E-state index contributed by atoms with van der Waals surface area (Å²) in [5.41, 5.74) is 6.57. The summed E-state index contributed by atoms with van der Waals surface area (Å²) in [7, 11) is 0. The van der Waals surface area contributed by atoms with Gasteiger partial charge >= 0.3 is 0 Å². The molecule has 0 aromatic carbocycles. The second kappa shape index (κ2) is 8.10. The topological polar surface area (TPSA) is 68.0 Å². The molecule has 0 unspecified atom stereocenters. The van der Waals surface area contributed by atoms with Gasteiger partial charge < -0.3 is 11.1 Å². The number of rotatable bonds is 4. The van der Waals surface area contributed by atoms with Crippen LogP contribution in [0, 0.1) is 11.8 Å². The molecule has 1 aromatic rings. The van der Waals surface area contributed by atoms with Gasteiger partial charge in [0.25, 0.3) is 5.91 Å². The third-order valence-corrected chi connectivity index (χ3v) is 4.11. The van der Waals surface area contributed by atoms with Crippen molar-refractivity contribution in [1.29, 1.82) is 0 Å². The van der Waals surface area contributed by atoms with Crippen molar-refractivity contribution >= 4 is 24.0 Å². The van der Waals surface area contributed by atoms with Gasteiger partial charge in [-0.2, -0.15) is 0 Å². The number of pyridine rings is 1.